The Hall–Kier alpha value is -2.74. The number of hydrogen-bond donors (Lipinski definition) is 0. The molecule has 4 heteroatoms. The topological polar surface area (TPSA) is 0 Å². The molecule has 0 spiro atoms. The van der Waals surface area contributed by atoms with Crippen LogP contribution in [0.15, 0.2) is 115 Å². The molecule has 0 aliphatic heterocycles. The van der Waals surface area contributed by atoms with Crippen molar-refractivity contribution in [2.24, 2.45) is 0 Å². The van der Waals surface area contributed by atoms with Crippen LogP contribution in [-0.2, 0) is 28.8 Å². The van der Waals surface area contributed by atoms with E-state index in [1.807, 2.05) is 0 Å². The average molecular weight is 733 g/mol. The van der Waals surface area contributed by atoms with Crippen LogP contribution in [0.1, 0.15) is 59.9 Å². The molecular weight excluding hydrogens is 695 g/mol. The minimum atomic E-state index is -0.660. The van der Waals surface area contributed by atoms with Gasteiger partial charge in [0, 0.05) is 0 Å². The van der Waals surface area contributed by atoms with Crippen LogP contribution in [0.4, 0.5) is 0 Å². The van der Waals surface area contributed by atoms with Crippen LogP contribution in [0.25, 0.3) is 49.9 Å². The molecule has 0 saturated carbocycles. The number of hydrogen-bond acceptors (Lipinski definition) is 0. The molecule has 8 rings (SSSR count). The van der Waals surface area contributed by atoms with E-state index < -0.39 is 28.3 Å². The smallest absolute Gasteiger partial charge is 1.00 e. The van der Waals surface area contributed by atoms with E-state index in [1.54, 1.807) is 20.0 Å². The van der Waals surface area contributed by atoms with E-state index in [0.29, 0.717) is 5.92 Å². The van der Waals surface area contributed by atoms with Crippen molar-refractivity contribution in [2.45, 2.75) is 51.6 Å². The van der Waals surface area contributed by atoms with Crippen LogP contribution in [0.3, 0.4) is 0 Å². The molecule has 0 radical (unpaired) electrons. The maximum Gasteiger partial charge on any atom is -1.00 e. The molecule has 1 unspecified atom stereocenters. The van der Waals surface area contributed by atoms with Crippen molar-refractivity contribution in [3.63, 3.8) is 0 Å². The Bertz CT molecular complexity index is 2110. The van der Waals surface area contributed by atoms with Gasteiger partial charge in [-0.2, -0.15) is 0 Å². The van der Waals surface area contributed by atoms with E-state index in [0.717, 1.165) is 6.42 Å². The van der Waals surface area contributed by atoms with Gasteiger partial charge in [0.1, 0.15) is 0 Å². The van der Waals surface area contributed by atoms with Gasteiger partial charge in [-0.15, -0.1) is 0 Å². The molecule has 0 amide bonds. The van der Waals surface area contributed by atoms with Gasteiger partial charge < -0.3 is 24.8 Å². The van der Waals surface area contributed by atoms with Gasteiger partial charge in [0.25, 0.3) is 0 Å². The van der Waals surface area contributed by atoms with Crippen molar-refractivity contribution in [3.8, 4) is 22.3 Å². The second kappa shape index (κ2) is 13.8. The van der Waals surface area contributed by atoms with Crippen molar-refractivity contribution >= 4 is 36.8 Å². The second-order valence-corrected chi connectivity index (χ2v) is 27.5. The first-order valence-electron chi connectivity index (χ1n) is 16.4. The van der Waals surface area contributed by atoms with Crippen molar-refractivity contribution in [2.75, 3.05) is 0 Å². The van der Waals surface area contributed by atoms with Crippen LogP contribution in [0.2, 0.25) is 13.1 Å². The van der Waals surface area contributed by atoms with Crippen molar-refractivity contribution < 1.29 is 47.2 Å². The van der Waals surface area contributed by atoms with Gasteiger partial charge in [-0.25, -0.2) is 0 Å². The molecule has 228 valence electrons. The van der Waals surface area contributed by atoms with Crippen molar-refractivity contribution in [1.82, 2.24) is 0 Å². The molecule has 0 aromatic heterocycles. The summed E-state index contributed by atoms with van der Waals surface area (Å²) in [4.78, 5) is 0. The Morgan fingerprint density at radius 2 is 1.41 bits per heavy atom. The Kier molecular flexibility index (Phi) is 9.94. The minimum Gasteiger partial charge on any atom is -1.00 e. The van der Waals surface area contributed by atoms with Gasteiger partial charge in [-0.05, 0) is 0 Å². The first-order chi connectivity index (χ1) is 21.6. The molecule has 0 bridgehead atoms. The Morgan fingerprint density at radius 3 is 2.22 bits per heavy atom. The third-order valence-corrected chi connectivity index (χ3v) is 18.3. The summed E-state index contributed by atoms with van der Waals surface area (Å²) in [5.74, 6) is -0.288. The zero-order valence-corrected chi connectivity index (χ0v) is 31.8. The van der Waals surface area contributed by atoms with E-state index in [4.69, 9.17) is 0 Å². The molecule has 0 nitrogen and oxygen atoms in total. The number of fused-ring (bicyclic) bond motifs is 7. The SMILES string of the molecule is CCCCC1=Cc2c(-c3cc4ccccc4c4ccccc34)cccc2C1c1[c]([Zr+2][SiH](C)C)ccc2c1Cc1ccccc1-2.[Cl-].[Cl-]. The molecular formula is C42H38Cl2SiZr. The number of benzene rings is 6. The molecule has 0 N–H and O–H groups in total. The first kappa shape index (κ1) is 33.2. The van der Waals surface area contributed by atoms with Gasteiger partial charge in [0.05, 0.1) is 0 Å². The molecule has 46 heavy (non-hydrogen) atoms. The van der Waals surface area contributed by atoms with E-state index in [9.17, 15) is 0 Å². The van der Waals surface area contributed by atoms with Gasteiger partial charge >= 0.3 is 276 Å². The Labute approximate surface area is 298 Å². The molecule has 0 heterocycles. The predicted octanol–water partition coefficient (Wildman–Crippen LogP) is 4.65. The summed E-state index contributed by atoms with van der Waals surface area (Å²) in [6.45, 7) is 7.50. The fourth-order valence-corrected chi connectivity index (χ4v) is 16.2. The van der Waals surface area contributed by atoms with Crippen LogP contribution in [0, 0.1) is 0 Å². The molecule has 6 aromatic carbocycles. The summed E-state index contributed by atoms with van der Waals surface area (Å²) >= 11 is -0.630. The molecule has 2 aliphatic carbocycles. The van der Waals surface area contributed by atoms with E-state index >= 15 is 0 Å². The fourth-order valence-electron chi connectivity index (χ4n) is 7.92. The van der Waals surface area contributed by atoms with Crippen LogP contribution in [0.5, 0.6) is 0 Å². The molecule has 1 atom stereocenters. The first-order valence-corrected chi connectivity index (χ1v) is 24.7. The quantitative estimate of drug-likeness (QED) is 0.166. The molecule has 2 aliphatic rings. The average Bonchev–Trinajstić information content (AvgIpc) is 3.61. The normalized spacial score (nSPS) is 14.3. The summed E-state index contributed by atoms with van der Waals surface area (Å²) in [7, 11) is 0. The summed E-state index contributed by atoms with van der Waals surface area (Å²) in [5, 5.41) is 5.35. The minimum absolute atomic E-state index is 0. The van der Waals surface area contributed by atoms with E-state index in [1.165, 1.54) is 79.8 Å². The molecule has 6 aromatic rings. The predicted molar refractivity (Wildman–Crippen MR) is 189 cm³/mol. The Morgan fingerprint density at radius 1 is 0.696 bits per heavy atom. The Balaban J connectivity index is 0.00000186. The summed E-state index contributed by atoms with van der Waals surface area (Å²) in [5.41, 5.74) is 15.1. The van der Waals surface area contributed by atoms with Crippen LogP contribution >= 0.6 is 0 Å². The molecule has 0 fully saturated rings. The number of rotatable bonds is 7. The van der Waals surface area contributed by atoms with Crippen LogP contribution in [-0.4, -0.2) is 5.92 Å². The van der Waals surface area contributed by atoms with E-state index in [-0.39, 0.29) is 24.8 Å². The maximum absolute atomic E-state index is 2.62. The monoisotopic (exact) mass is 730 g/mol. The van der Waals surface area contributed by atoms with Crippen molar-refractivity contribution in [1.29, 1.82) is 0 Å². The van der Waals surface area contributed by atoms with Gasteiger partial charge in [0.2, 0.25) is 0 Å². The largest absolute Gasteiger partial charge is 1.00 e. The summed E-state index contributed by atoms with van der Waals surface area (Å²) < 4.78 is 1.77. The van der Waals surface area contributed by atoms with E-state index in [2.05, 4.69) is 135 Å². The van der Waals surface area contributed by atoms with Gasteiger partial charge in [-0.1, -0.05) is 0 Å². The number of halogens is 2. The third kappa shape index (κ3) is 5.60. The standard InChI is InChI=1S/C40H31.C2H7Si.2ClH.Zr/c1-2-3-12-28-25-39-34(37-23-26-13-4-6-15-29(26)31-17-8-9-18-33(31)37)20-11-22-36(39)40(28)35-21-10-19-32-30-16-7-5-14-27(30)24-38(32)35;1-3-2;;;/h4-11,13-20,22-23,25,40H,2-3,12,24H2,1H3;3H,1-2H3;2*1H;/q;;;;+2/p-2. The number of allylic oxidation sites excluding steroid dienone is 1. The fraction of sp³-hybridized carbons (Fsp3) is 0.190. The second-order valence-electron chi connectivity index (χ2n) is 12.9. The molecule has 0 saturated heterocycles. The maximum atomic E-state index is 2.62. The zero-order chi connectivity index (χ0) is 29.8. The van der Waals surface area contributed by atoms with Gasteiger partial charge in [-0.3, -0.25) is 0 Å². The third-order valence-electron chi connectivity index (χ3n) is 9.79. The summed E-state index contributed by atoms with van der Waals surface area (Å²) in [6, 6.07) is 41.7. The van der Waals surface area contributed by atoms with Crippen LogP contribution < -0.4 is 28.1 Å². The summed E-state index contributed by atoms with van der Waals surface area (Å²) in [6.07, 6.45) is 7.35. The van der Waals surface area contributed by atoms with Gasteiger partial charge in [0.15, 0.2) is 0 Å². The number of unbranched alkanes of at least 4 members (excludes halogenated alkanes) is 1. The van der Waals surface area contributed by atoms with Crippen molar-refractivity contribution in [3.05, 3.63) is 143 Å². The zero-order valence-electron chi connectivity index (χ0n) is 26.7.